The zero-order valence-corrected chi connectivity index (χ0v) is 15.4. The Kier molecular flexibility index (Phi) is 6.67. The number of hydrogen-bond acceptors (Lipinski definition) is 3. The predicted octanol–water partition coefficient (Wildman–Crippen LogP) is 5.21. The van der Waals surface area contributed by atoms with E-state index in [4.69, 9.17) is 16.3 Å². The molecule has 2 aromatic carbocycles. The number of amides is 1. The van der Waals surface area contributed by atoms with Crippen molar-refractivity contribution in [1.29, 1.82) is 0 Å². The van der Waals surface area contributed by atoms with Crippen LogP contribution in [0.5, 0.6) is 5.75 Å². The van der Waals surface area contributed by atoms with Crippen LogP contribution in [0.1, 0.15) is 48.0 Å². The summed E-state index contributed by atoms with van der Waals surface area (Å²) in [5, 5.41) is 4.81. The van der Waals surface area contributed by atoms with Crippen LogP contribution in [0.25, 0.3) is 0 Å². The van der Waals surface area contributed by atoms with Crippen LogP contribution in [-0.2, 0) is 6.61 Å². The van der Waals surface area contributed by atoms with Crippen molar-refractivity contribution in [2.24, 2.45) is 11.0 Å². The van der Waals surface area contributed by atoms with Crippen molar-refractivity contribution in [2.75, 3.05) is 0 Å². The molecule has 26 heavy (non-hydrogen) atoms. The Balaban J connectivity index is 1.47. The van der Waals surface area contributed by atoms with Gasteiger partial charge in [0.25, 0.3) is 5.91 Å². The average Bonchev–Trinajstić information content (AvgIpc) is 2.69. The number of rotatable bonds is 6. The summed E-state index contributed by atoms with van der Waals surface area (Å²) < 4.78 is 5.72. The first-order valence-electron chi connectivity index (χ1n) is 9.01. The second-order valence-electron chi connectivity index (χ2n) is 6.56. The Labute approximate surface area is 159 Å². The van der Waals surface area contributed by atoms with Gasteiger partial charge in [-0.1, -0.05) is 43.0 Å². The average molecular weight is 371 g/mol. The fourth-order valence-corrected chi connectivity index (χ4v) is 3.12. The molecule has 2 aromatic rings. The highest BCUT2D eigenvalue weighted by molar-refractivity contribution is 6.30. The molecule has 0 atom stereocenters. The van der Waals surface area contributed by atoms with Gasteiger partial charge in [-0.3, -0.25) is 4.79 Å². The molecule has 1 saturated carbocycles. The van der Waals surface area contributed by atoms with Crippen LogP contribution in [0.2, 0.25) is 5.02 Å². The summed E-state index contributed by atoms with van der Waals surface area (Å²) >= 11 is 5.87. The number of carbonyl (C=O) groups excluding carboxylic acids is 1. The lowest BCUT2D eigenvalue weighted by molar-refractivity contribution is 0.0955. The number of halogens is 1. The maximum absolute atomic E-state index is 12.1. The summed E-state index contributed by atoms with van der Waals surface area (Å²) in [7, 11) is 0. The smallest absolute Gasteiger partial charge is 0.271 e. The first-order chi connectivity index (χ1) is 12.7. The zero-order chi connectivity index (χ0) is 18.2. The van der Waals surface area contributed by atoms with E-state index >= 15 is 0 Å². The molecule has 0 saturated heterocycles. The summed E-state index contributed by atoms with van der Waals surface area (Å²) in [6.07, 6.45) is 8.02. The molecule has 0 aromatic heterocycles. The minimum Gasteiger partial charge on any atom is -0.489 e. The summed E-state index contributed by atoms with van der Waals surface area (Å²) in [6.45, 7) is 0.453. The van der Waals surface area contributed by atoms with Crippen molar-refractivity contribution in [1.82, 2.24) is 5.43 Å². The van der Waals surface area contributed by atoms with Crippen molar-refractivity contribution < 1.29 is 9.53 Å². The molecule has 1 aliphatic carbocycles. The molecule has 1 N–H and O–H groups in total. The maximum Gasteiger partial charge on any atom is 0.271 e. The summed E-state index contributed by atoms with van der Waals surface area (Å²) in [5.41, 5.74) is 4.20. The monoisotopic (exact) mass is 370 g/mol. The molecule has 1 amide bonds. The first-order valence-corrected chi connectivity index (χ1v) is 9.39. The zero-order valence-electron chi connectivity index (χ0n) is 14.7. The summed E-state index contributed by atoms with van der Waals surface area (Å²) in [4.78, 5) is 12.1. The predicted molar refractivity (Wildman–Crippen MR) is 105 cm³/mol. The molecule has 0 unspecified atom stereocenters. The number of ether oxygens (including phenoxy) is 1. The second-order valence-corrected chi connectivity index (χ2v) is 6.99. The van der Waals surface area contributed by atoms with Crippen LogP contribution >= 0.6 is 11.6 Å². The SMILES string of the molecule is O=C(NN=CC1CCCCC1)c1ccc(OCc2ccc(Cl)cc2)cc1. The minimum atomic E-state index is -0.207. The second kappa shape index (κ2) is 9.39. The van der Waals surface area contributed by atoms with E-state index in [1.807, 2.05) is 30.5 Å². The van der Waals surface area contributed by atoms with Crippen molar-refractivity contribution in [2.45, 2.75) is 38.7 Å². The van der Waals surface area contributed by atoms with E-state index in [1.54, 1.807) is 24.3 Å². The van der Waals surface area contributed by atoms with Crippen LogP contribution in [0.15, 0.2) is 53.6 Å². The molecule has 1 aliphatic rings. The lowest BCUT2D eigenvalue weighted by atomic mass is 9.90. The van der Waals surface area contributed by atoms with Crippen molar-refractivity contribution >= 4 is 23.7 Å². The molecule has 4 nitrogen and oxygen atoms in total. The molecule has 0 spiro atoms. The van der Waals surface area contributed by atoms with Gasteiger partial charge in [0.15, 0.2) is 0 Å². The number of carbonyl (C=O) groups is 1. The molecular formula is C21H23ClN2O2. The molecule has 0 aliphatic heterocycles. The highest BCUT2D eigenvalue weighted by Crippen LogP contribution is 2.21. The number of nitrogens with zero attached hydrogens (tertiary/aromatic N) is 1. The fraction of sp³-hybridized carbons (Fsp3) is 0.333. The van der Waals surface area contributed by atoms with E-state index in [9.17, 15) is 4.79 Å². The van der Waals surface area contributed by atoms with Crippen LogP contribution in [0.3, 0.4) is 0 Å². The number of benzene rings is 2. The molecule has 5 heteroatoms. The van der Waals surface area contributed by atoms with Crippen molar-refractivity contribution in [3.63, 3.8) is 0 Å². The normalized spacial score (nSPS) is 15.1. The van der Waals surface area contributed by atoms with Gasteiger partial charge in [0.1, 0.15) is 12.4 Å². The molecule has 1 fully saturated rings. The quantitative estimate of drug-likeness (QED) is 0.560. The van der Waals surface area contributed by atoms with Crippen LogP contribution in [0, 0.1) is 5.92 Å². The van der Waals surface area contributed by atoms with E-state index in [0.29, 0.717) is 28.9 Å². The van der Waals surface area contributed by atoms with Gasteiger partial charge in [-0.2, -0.15) is 5.10 Å². The van der Waals surface area contributed by atoms with Gasteiger partial charge < -0.3 is 4.74 Å². The van der Waals surface area contributed by atoms with E-state index in [-0.39, 0.29) is 5.91 Å². The molecule has 136 valence electrons. The fourth-order valence-electron chi connectivity index (χ4n) is 3.00. The van der Waals surface area contributed by atoms with Gasteiger partial charge in [0.05, 0.1) is 0 Å². The maximum atomic E-state index is 12.1. The van der Waals surface area contributed by atoms with Crippen LogP contribution < -0.4 is 10.2 Å². The topological polar surface area (TPSA) is 50.7 Å². The molecule has 0 radical (unpaired) electrons. The van der Waals surface area contributed by atoms with Crippen molar-refractivity contribution in [3.05, 3.63) is 64.7 Å². The van der Waals surface area contributed by atoms with Crippen LogP contribution in [-0.4, -0.2) is 12.1 Å². The highest BCUT2D eigenvalue weighted by atomic mass is 35.5. The van der Waals surface area contributed by atoms with Gasteiger partial charge in [0, 0.05) is 16.8 Å². The summed E-state index contributed by atoms with van der Waals surface area (Å²) in [6, 6.07) is 14.6. The van der Waals surface area contributed by atoms with E-state index < -0.39 is 0 Å². The van der Waals surface area contributed by atoms with E-state index in [1.165, 1.54) is 32.1 Å². The summed E-state index contributed by atoms with van der Waals surface area (Å²) in [5.74, 6) is 0.996. The molecule has 0 heterocycles. The minimum absolute atomic E-state index is 0.207. The first kappa shape index (κ1) is 18.5. The number of nitrogens with one attached hydrogen (secondary N) is 1. The Morgan fingerprint density at radius 2 is 1.77 bits per heavy atom. The van der Waals surface area contributed by atoms with Gasteiger partial charge in [0.2, 0.25) is 0 Å². The standard InChI is InChI=1S/C21H23ClN2O2/c22-19-10-6-17(7-11-19)15-26-20-12-8-18(9-13-20)21(25)24-23-14-16-4-2-1-3-5-16/h6-14,16H,1-5,15H2,(H,24,25). The van der Waals surface area contributed by atoms with Gasteiger partial charge in [-0.05, 0) is 60.7 Å². The molecular weight excluding hydrogens is 348 g/mol. The highest BCUT2D eigenvalue weighted by Gasteiger charge is 2.11. The number of hydrogen-bond donors (Lipinski definition) is 1. The van der Waals surface area contributed by atoms with Crippen molar-refractivity contribution in [3.8, 4) is 5.75 Å². The van der Waals surface area contributed by atoms with Crippen LogP contribution in [0.4, 0.5) is 0 Å². The third kappa shape index (κ3) is 5.60. The largest absolute Gasteiger partial charge is 0.489 e. The Hall–Kier alpha value is -2.33. The number of hydrazone groups is 1. The lowest BCUT2D eigenvalue weighted by Gasteiger charge is -2.16. The Bertz CT molecular complexity index is 736. The van der Waals surface area contributed by atoms with E-state index in [0.717, 1.165) is 5.56 Å². The molecule has 3 rings (SSSR count). The third-order valence-electron chi connectivity index (χ3n) is 4.54. The third-order valence-corrected chi connectivity index (χ3v) is 4.79. The van der Waals surface area contributed by atoms with E-state index in [2.05, 4.69) is 10.5 Å². The Morgan fingerprint density at radius 3 is 2.46 bits per heavy atom. The van der Waals surface area contributed by atoms with Gasteiger partial charge in [-0.25, -0.2) is 5.43 Å². The molecule has 0 bridgehead atoms. The van der Waals surface area contributed by atoms with Gasteiger partial charge >= 0.3 is 0 Å². The lowest BCUT2D eigenvalue weighted by Crippen LogP contribution is -2.19. The van der Waals surface area contributed by atoms with Gasteiger partial charge in [-0.15, -0.1) is 0 Å². The Morgan fingerprint density at radius 1 is 1.08 bits per heavy atom.